The molecule has 74 valence electrons. The monoisotopic (exact) mass is 184 g/mol. The van der Waals surface area contributed by atoms with Gasteiger partial charge in [-0.2, -0.15) is 4.98 Å². The molecule has 1 heterocycles. The quantitative estimate of drug-likeness (QED) is 0.711. The summed E-state index contributed by atoms with van der Waals surface area (Å²) < 4.78 is 4.92. The van der Waals surface area contributed by atoms with Gasteiger partial charge in [-0.1, -0.05) is 18.5 Å². The van der Waals surface area contributed by atoms with Crippen LogP contribution in [0.25, 0.3) is 0 Å². The third-order valence-electron chi connectivity index (χ3n) is 1.78. The molecule has 1 aromatic rings. The minimum absolute atomic E-state index is 0.227. The molecule has 0 aliphatic carbocycles. The van der Waals surface area contributed by atoms with Crippen molar-refractivity contribution in [2.75, 3.05) is 11.9 Å². The highest BCUT2D eigenvalue weighted by Crippen LogP contribution is 2.06. The van der Waals surface area contributed by atoms with E-state index in [1.54, 1.807) is 6.92 Å². The summed E-state index contributed by atoms with van der Waals surface area (Å²) in [4.78, 5) is 4.04. The van der Waals surface area contributed by atoms with E-state index in [1.165, 1.54) is 0 Å². The topological polar surface area (TPSA) is 77.0 Å². The summed E-state index contributed by atoms with van der Waals surface area (Å²) in [5.74, 6) is 0.634. The van der Waals surface area contributed by atoms with Crippen molar-refractivity contribution < 1.29 is 4.52 Å². The molecule has 0 fully saturated rings. The van der Waals surface area contributed by atoms with Crippen LogP contribution in [0.3, 0.4) is 0 Å². The molecule has 0 aliphatic rings. The van der Waals surface area contributed by atoms with Crippen molar-refractivity contribution >= 4 is 6.01 Å². The second-order valence-corrected chi connectivity index (χ2v) is 3.01. The van der Waals surface area contributed by atoms with E-state index in [9.17, 15) is 0 Å². The maximum Gasteiger partial charge on any atom is 0.321 e. The second kappa shape index (κ2) is 4.81. The Morgan fingerprint density at radius 1 is 1.62 bits per heavy atom. The molecule has 0 bridgehead atoms. The van der Waals surface area contributed by atoms with Crippen molar-refractivity contribution in [3.63, 3.8) is 0 Å². The van der Waals surface area contributed by atoms with Crippen LogP contribution in [0.5, 0.6) is 0 Å². The average molecular weight is 184 g/mol. The van der Waals surface area contributed by atoms with Gasteiger partial charge >= 0.3 is 6.01 Å². The van der Waals surface area contributed by atoms with Crippen LogP contribution >= 0.6 is 0 Å². The highest BCUT2D eigenvalue weighted by atomic mass is 16.5. The number of nitrogens with zero attached hydrogens (tertiary/aromatic N) is 2. The Balaban J connectivity index is 2.46. The van der Waals surface area contributed by atoms with Gasteiger partial charge in [0.25, 0.3) is 0 Å². The van der Waals surface area contributed by atoms with E-state index >= 15 is 0 Å². The first kappa shape index (κ1) is 9.98. The van der Waals surface area contributed by atoms with Crippen molar-refractivity contribution in [2.45, 2.75) is 32.7 Å². The van der Waals surface area contributed by atoms with Gasteiger partial charge in [0.2, 0.25) is 0 Å². The van der Waals surface area contributed by atoms with Gasteiger partial charge in [-0.05, 0) is 13.3 Å². The lowest BCUT2D eigenvalue weighted by Crippen LogP contribution is -2.28. The molecule has 0 aliphatic heterocycles. The fraction of sp³-hybridized carbons (Fsp3) is 0.750. The fourth-order valence-corrected chi connectivity index (χ4v) is 1.13. The molecule has 0 saturated carbocycles. The minimum atomic E-state index is 0.227. The summed E-state index contributed by atoms with van der Waals surface area (Å²) in [5, 5.41) is 6.76. The summed E-state index contributed by atoms with van der Waals surface area (Å²) >= 11 is 0. The maximum atomic E-state index is 5.56. The Morgan fingerprint density at radius 2 is 2.38 bits per heavy atom. The maximum absolute atomic E-state index is 5.56. The lowest BCUT2D eigenvalue weighted by molar-refractivity contribution is 0.419. The van der Waals surface area contributed by atoms with E-state index in [4.69, 9.17) is 10.3 Å². The molecule has 1 rings (SSSR count). The fourth-order valence-electron chi connectivity index (χ4n) is 1.13. The number of hydrogen-bond acceptors (Lipinski definition) is 5. The summed E-state index contributed by atoms with van der Waals surface area (Å²) in [6.07, 6.45) is 2.10. The summed E-state index contributed by atoms with van der Waals surface area (Å²) in [6.45, 7) is 4.48. The summed E-state index contributed by atoms with van der Waals surface area (Å²) in [6, 6.07) is 0.686. The number of aromatic nitrogens is 2. The molecule has 1 unspecified atom stereocenters. The van der Waals surface area contributed by atoms with Crippen LogP contribution in [0.2, 0.25) is 0 Å². The Bertz CT molecular complexity index is 248. The van der Waals surface area contributed by atoms with Crippen LogP contribution in [-0.2, 0) is 0 Å². The van der Waals surface area contributed by atoms with Crippen molar-refractivity contribution in [1.82, 2.24) is 10.1 Å². The van der Waals surface area contributed by atoms with E-state index in [0.29, 0.717) is 18.4 Å². The van der Waals surface area contributed by atoms with E-state index in [-0.39, 0.29) is 6.04 Å². The number of aryl methyl sites for hydroxylation is 1. The van der Waals surface area contributed by atoms with Crippen LogP contribution in [-0.4, -0.2) is 22.7 Å². The molecule has 13 heavy (non-hydrogen) atoms. The van der Waals surface area contributed by atoms with Gasteiger partial charge in [-0.3, -0.25) is 0 Å². The Morgan fingerprint density at radius 3 is 2.85 bits per heavy atom. The van der Waals surface area contributed by atoms with Gasteiger partial charge < -0.3 is 15.6 Å². The molecule has 0 spiro atoms. The number of anilines is 1. The average Bonchev–Trinajstić information content (AvgIpc) is 2.50. The largest absolute Gasteiger partial charge is 0.334 e. The minimum Gasteiger partial charge on any atom is -0.334 e. The first-order valence-corrected chi connectivity index (χ1v) is 4.53. The SMILES string of the molecule is CCCC(CN)Nc1nc(C)no1. The van der Waals surface area contributed by atoms with E-state index < -0.39 is 0 Å². The van der Waals surface area contributed by atoms with Gasteiger partial charge in [0.05, 0.1) is 0 Å². The zero-order valence-corrected chi connectivity index (χ0v) is 8.08. The van der Waals surface area contributed by atoms with Crippen LogP contribution in [0.4, 0.5) is 6.01 Å². The van der Waals surface area contributed by atoms with E-state index in [2.05, 4.69) is 22.4 Å². The summed E-state index contributed by atoms with van der Waals surface area (Å²) in [5.41, 5.74) is 5.56. The zero-order valence-electron chi connectivity index (χ0n) is 8.08. The van der Waals surface area contributed by atoms with Gasteiger partial charge in [0.1, 0.15) is 0 Å². The number of nitrogens with two attached hydrogens (primary N) is 1. The highest BCUT2D eigenvalue weighted by molar-refractivity contribution is 5.20. The lowest BCUT2D eigenvalue weighted by atomic mass is 10.2. The van der Waals surface area contributed by atoms with Crippen molar-refractivity contribution in [1.29, 1.82) is 0 Å². The number of hydrogen-bond donors (Lipinski definition) is 2. The second-order valence-electron chi connectivity index (χ2n) is 3.01. The van der Waals surface area contributed by atoms with Gasteiger partial charge in [-0.15, -0.1) is 0 Å². The Hall–Kier alpha value is -1.10. The molecule has 1 aromatic heterocycles. The van der Waals surface area contributed by atoms with E-state index in [0.717, 1.165) is 12.8 Å². The predicted octanol–water partition coefficient (Wildman–Crippen LogP) is 0.917. The molecule has 3 N–H and O–H groups in total. The molecule has 0 radical (unpaired) electrons. The van der Waals surface area contributed by atoms with Crippen molar-refractivity contribution in [2.24, 2.45) is 5.73 Å². The van der Waals surface area contributed by atoms with E-state index in [1.807, 2.05) is 0 Å². The molecular weight excluding hydrogens is 168 g/mol. The van der Waals surface area contributed by atoms with Crippen LogP contribution in [0.1, 0.15) is 25.6 Å². The normalized spacial score (nSPS) is 12.8. The zero-order chi connectivity index (χ0) is 9.68. The molecule has 1 atom stereocenters. The van der Waals surface area contributed by atoms with Gasteiger partial charge in [0.15, 0.2) is 5.82 Å². The molecule has 5 nitrogen and oxygen atoms in total. The first-order valence-electron chi connectivity index (χ1n) is 4.53. The standard InChI is InChI=1S/C8H16N4O/c1-3-4-7(5-9)11-8-10-6(2)12-13-8/h7H,3-5,9H2,1-2H3,(H,10,11,12). The van der Waals surface area contributed by atoms with Crippen LogP contribution in [0, 0.1) is 6.92 Å². The van der Waals surface area contributed by atoms with Crippen LogP contribution in [0.15, 0.2) is 4.52 Å². The third-order valence-corrected chi connectivity index (χ3v) is 1.78. The third kappa shape index (κ3) is 3.02. The van der Waals surface area contributed by atoms with Gasteiger partial charge in [-0.25, -0.2) is 0 Å². The van der Waals surface area contributed by atoms with Crippen LogP contribution < -0.4 is 11.1 Å². The Labute approximate surface area is 77.7 Å². The molecule has 0 aromatic carbocycles. The first-order chi connectivity index (χ1) is 6.26. The van der Waals surface area contributed by atoms with Crippen molar-refractivity contribution in [3.8, 4) is 0 Å². The smallest absolute Gasteiger partial charge is 0.321 e. The molecule has 0 saturated heterocycles. The molecular formula is C8H16N4O. The molecule has 5 heteroatoms. The summed E-state index contributed by atoms with van der Waals surface area (Å²) in [7, 11) is 0. The predicted molar refractivity (Wildman–Crippen MR) is 50.4 cm³/mol. The Kier molecular flexibility index (Phi) is 3.70. The molecule has 0 amide bonds. The lowest BCUT2D eigenvalue weighted by Gasteiger charge is -2.12. The van der Waals surface area contributed by atoms with Crippen molar-refractivity contribution in [3.05, 3.63) is 5.82 Å². The number of rotatable bonds is 5. The highest BCUT2D eigenvalue weighted by Gasteiger charge is 2.08. The van der Waals surface area contributed by atoms with Gasteiger partial charge in [0, 0.05) is 12.6 Å². The number of nitrogens with one attached hydrogen (secondary N) is 1.